The summed E-state index contributed by atoms with van der Waals surface area (Å²) in [6.45, 7) is 4.48. The molecule has 0 saturated carbocycles. The number of hydrogen-bond acceptors (Lipinski definition) is 8. The van der Waals surface area contributed by atoms with Gasteiger partial charge < -0.3 is 18.9 Å². The van der Waals surface area contributed by atoms with Crippen LogP contribution in [0.2, 0.25) is 0 Å². The SMILES string of the molecule is CC1COC2(CS(=O)(=O)C2Cl)O1.CC1COC2(CS(=O)(=O)C2Cl)O1. The Balaban J connectivity index is 0.000000141. The van der Waals surface area contributed by atoms with Crippen LogP contribution in [0.3, 0.4) is 0 Å². The molecule has 24 heavy (non-hydrogen) atoms. The molecule has 4 fully saturated rings. The fraction of sp³-hybridized carbons (Fsp3) is 1.00. The third-order valence-electron chi connectivity index (χ3n) is 4.05. The Morgan fingerprint density at radius 3 is 1.29 bits per heavy atom. The minimum Gasteiger partial charge on any atom is -0.344 e. The fourth-order valence-electron chi connectivity index (χ4n) is 2.91. The predicted octanol–water partition coefficient (Wildman–Crippen LogP) is 0.223. The smallest absolute Gasteiger partial charge is 0.214 e. The first-order valence-electron chi connectivity index (χ1n) is 7.27. The molecule has 8 nitrogen and oxygen atoms in total. The summed E-state index contributed by atoms with van der Waals surface area (Å²) in [6.07, 6.45) is -0.136. The lowest BCUT2D eigenvalue weighted by atomic mass is 10.3. The van der Waals surface area contributed by atoms with Crippen LogP contribution in [-0.2, 0) is 38.6 Å². The van der Waals surface area contributed by atoms with E-state index in [0.717, 1.165) is 0 Å². The maximum atomic E-state index is 11.0. The van der Waals surface area contributed by atoms with E-state index in [-0.39, 0.29) is 23.7 Å². The van der Waals surface area contributed by atoms with Gasteiger partial charge >= 0.3 is 0 Å². The van der Waals surface area contributed by atoms with Gasteiger partial charge in [0.15, 0.2) is 29.1 Å². The Morgan fingerprint density at radius 2 is 1.12 bits per heavy atom. The van der Waals surface area contributed by atoms with Gasteiger partial charge in [-0.15, -0.1) is 0 Å². The molecule has 0 amide bonds. The monoisotopic (exact) mass is 424 g/mol. The molecule has 0 radical (unpaired) electrons. The molecule has 4 aliphatic rings. The average Bonchev–Trinajstić information content (AvgIpc) is 3.04. The zero-order valence-corrected chi connectivity index (χ0v) is 16.1. The molecule has 0 aliphatic carbocycles. The Hall–Kier alpha value is 0.320. The first kappa shape index (κ1) is 19.1. The van der Waals surface area contributed by atoms with Crippen molar-refractivity contribution in [1.29, 1.82) is 0 Å². The summed E-state index contributed by atoms with van der Waals surface area (Å²) in [5.41, 5.74) is 0. The normalized spacial score (nSPS) is 50.8. The molecular formula is C12H18Cl2O8S2. The zero-order valence-electron chi connectivity index (χ0n) is 13.0. The molecule has 140 valence electrons. The quantitative estimate of drug-likeness (QED) is 0.508. The first-order chi connectivity index (χ1) is 10.9. The molecule has 12 heteroatoms. The van der Waals surface area contributed by atoms with E-state index in [1.165, 1.54) is 0 Å². The van der Waals surface area contributed by atoms with Crippen LogP contribution in [0.1, 0.15) is 13.8 Å². The topological polar surface area (TPSA) is 105 Å². The molecule has 2 spiro atoms. The van der Waals surface area contributed by atoms with E-state index >= 15 is 0 Å². The summed E-state index contributed by atoms with van der Waals surface area (Å²) in [5.74, 6) is -2.31. The van der Waals surface area contributed by atoms with E-state index in [9.17, 15) is 16.8 Å². The van der Waals surface area contributed by atoms with Crippen molar-refractivity contribution < 1.29 is 35.8 Å². The van der Waals surface area contributed by atoms with E-state index in [1.54, 1.807) is 0 Å². The minimum absolute atomic E-state index is 0.0678. The highest BCUT2D eigenvalue weighted by molar-refractivity contribution is 7.95. The fourth-order valence-corrected chi connectivity index (χ4v) is 6.82. The van der Waals surface area contributed by atoms with Gasteiger partial charge in [-0.25, -0.2) is 16.8 Å². The van der Waals surface area contributed by atoms with Crippen LogP contribution in [0.25, 0.3) is 0 Å². The van der Waals surface area contributed by atoms with E-state index in [2.05, 4.69) is 0 Å². The number of sulfone groups is 2. The molecule has 0 aromatic carbocycles. The molecule has 0 aromatic rings. The Kier molecular flexibility index (Phi) is 4.70. The maximum Gasteiger partial charge on any atom is 0.214 e. The molecular weight excluding hydrogens is 407 g/mol. The molecule has 4 aliphatic heterocycles. The highest BCUT2D eigenvalue weighted by atomic mass is 35.5. The number of alkyl halides is 2. The third kappa shape index (κ3) is 2.98. The summed E-state index contributed by atoms with van der Waals surface area (Å²) >= 11 is 11.3. The Labute approximate surface area is 150 Å². The molecule has 4 heterocycles. The van der Waals surface area contributed by atoms with Crippen LogP contribution < -0.4 is 0 Å². The van der Waals surface area contributed by atoms with Gasteiger partial charge in [0, 0.05) is 0 Å². The molecule has 4 saturated heterocycles. The van der Waals surface area contributed by atoms with Crippen LogP contribution in [0.5, 0.6) is 0 Å². The van der Waals surface area contributed by atoms with Crippen molar-refractivity contribution in [2.24, 2.45) is 0 Å². The molecule has 0 N–H and O–H groups in total. The van der Waals surface area contributed by atoms with Crippen molar-refractivity contribution in [3.63, 3.8) is 0 Å². The summed E-state index contributed by atoms with van der Waals surface area (Å²) in [5, 5.41) is 0. The highest BCUT2D eigenvalue weighted by Crippen LogP contribution is 2.44. The first-order valence-corrected chi connectivity index (χ1v) is 11.6. The van der Waals surface area contributed by atoms with Crippen molar-refractivity contribution in [3.8, 4) is 0 Å². The van der Waals surface area contributed by atoms with Crippen molar-refractivity contribution >= 4 is 42.9 Å². The Bertz CT molecular complexity index is 663. The Morgan fingerprint density at radius 1 is 0.792 bits per heavy atom. The molecule has 4 rings (SSSR count). The highest BCUT2D eigenvalue weighted by Gasteiger charge is 2.64. The lowest BCUT2D eigenvalue weighted by molar-refractivity contribution is -0.149. The molecule has 0 aromatic heterocycles. The molecule has 6 unspecified atom stereocenters. The van der Waals surface area contributed by atoms with E-state index in [4.69, 9.17) is 42.1 Å². The van der Waals surface area contributed by atoms with Crippen molar-refractivity contribution in [2.45, 2.75) is 47.0 Å². The van der Waals surface area contributed by atoms with Crippen molar-refractivity contribution in [2.75, 3.05) is 24.7 Å². The van der Waals surface area contributed by atoms with Gasteiger partial charge in [-0.05, 0) is 13.8 Å². The lowest BCUT2D eigenvalue weighted by Gasteiger charge is -2.39. The summed E-state index contributed by atoms with van der Waals surface area (Å²) < 4.78 is 62.9. The van der Waals surface area contributed by atoms with Crippen LogP contribution in [0.15, 0.2) is 0 Å². The van der Waals surface area contributed by atoms with Gasteiger partial charge in [0.25, 0.3) is 0 Å². The lowest BCUT2D eigenvalue weighted by Crippen LogP contribution is -2.61. The second-order valence-electron chi connectivity index (χ2n) is 6.35. The maximum absolute atomic E-state index is 11.0. The summed E-state index contributed by atoms with van der Waals surface area (Å²) in [7, 11) is -6.32. The largest absolute Gasteiger partial charge is 0.344 e. The van der Waals surface area contributed by atoms with Crippen LogP contribution >= 0.6 is 23.2 Å². The van der Waals surface area contributed by atoms with Crippen LogP contribution in [-0.4, -0.2) is 74.8 Å². The number of ether oxygens (including phenoxy) is 4. The molecule has 0 bridgehead atoms. The van der Waals surface area contributed by atoms with Gasteiger partial charge in [-0.2, -0.15) is 0 Å². The van der Waals surface area contributed by atoms with Crippen LogP contribution in [0, 0.1) is 0 Å². The number of hydrogen-bond donors (Lipinski definition) is 0. The van der Waals surface area contributed by atoms with E-state index < -0.39 is 40.7 Å². The van der Waals surface area contributed by atoms with Crippen molar-refractivity contribution in [1.82, 2.24) is 0 Å². The van der Waals surface area contributed by atoms with Gasteiger partial charge in [0.1, 0.15) is 11.5 Å². The van der Waals surface area contributed by atoms with Crippen molar-refractivity contribution in [3.05, 3.63) is 0 Å². The second kappa shape index (κ2) is 5.91. The van der Waals surface area contributed by atoms with E-state index in [0.29, 0.717) is 13.2 Å². The summed E-state index contributed by atoms with van der Waals surface area (Å²) in [6, 6.07) is 0. The van der Waals surface area contributed by atoms with Gasteiger partial charge in [-0.3, -0.25) is 0 Å². The van der Waals surface area contributed by atoms with Gasteiger partial charge in [0.05, 0.1) is 25.4 Å². The third-order valence-corrected chi connectivity index (χ3v) is 9.94. The molecule has 6 atom stereocenters. The standard InChI is InChI=1S/2C6H9ClO4S/c2*1-4-2-10-6(11-4)3-12(8,9)5(6)7/h2*4-5H,2-3H2,1H3. The number of rotatable bonds is 0. The average molecular weight is 425 g/mol. The van der Waals surface area contributed by atoms with Gasteiger partial charge in [0.2, 0.25) is 11.6 Å². The minimum atomic E-state index is -3.16. The summed E-state index contributed by atoms with van der Waals surface area (Å²) in [4.78, 5) is 0. The zero-order chi connectivity index (χ0) is 18.0. The second-order valence-corrected chi connectivity index (χ2v) is 11.9. The van der Waals surface area contributed by atoms with Crippen LogP contribution in [0.4, 0.5) is 0 Å². The number of halogens is 2. The van der Waals surface area contributed by atoms with E-state index in [1.807, 2.05) is 13.8 Å². The predicted molar refractivity (Wildman–Crippen MR) is 85.3 cm³/mol. The van der Waals surface area contributed by atoms with Gasteiger partial charge in [-0.1, -0.05) is 23.2 Å².